The van der Waals surface area contributed by atoms with Crippen LogP contribution >= 0.6 is 6.64 Å². The normalized spacial score (nSPS) is 34.2. The van der Waals surface area contributed by atoms with E-state index >= 15 is 0 Å². The monoisotopic (exact) mass is 257 g/mol. The maximum Gasteiger partial charge on any atom is 0.261 e. The first-order valence-electron chi connectivity index (χ1n) is 5.16. The molecule has 3 nitrogen and oxygen atoms in total. The molecule has 0 aromatic heterocycles. The molecule has 0 bridgehead atoms. The molecule has 0 spiro atoms. The maximum absolute atomic E-state index is 5.92. The van der Waals surface area contributed by atoms with Gasteiger partial charge in [0.05, 0.1) is 0 Å². The molecular weight excluding hydrogens is 241 g/mol. The van der Waals surface area contributed by atoms with Crippen molar-refractivity contribution < 1.29 is 9.05 Å². The molecule has 16 heavy (non-hydrogen) atoms. The highest BCUT2D eigenvalue weighted by Gasteiger charge is 2.41. The molecule has 1 aromatic rings. The fraction of sp³-hybridized carbons (Fsp3) is 0.455. The van der Waals surface area contributed by atoms with Crippen LogP contribution in [0.15, 0.2) is 24.3 Å². The topological polar surface area (TPSA) is 30.5 Å². The Bertz CT molecular complexity index is 451. The van der Waals surface area contributed by atoms with Crippen molar-refractivity contribution in [2.24, 2.45) is 0 Å². The summed E-state index contributed by atoms with van der Waals surface area (Å²) in [5.41, 5.74) is 1.99. The van der Waals surface area contributed by atoms with Crippen molar-refractivity contribution in [3.8, 4) is 0 Å². The molecule has 2 rings (SSSR count). The van der Waals surface area contributed by atoms with Crippen LogP contribution in [-0.2, 0) is 26.5 Å². The summed E-state index contributed by atoms with van der Waals surface area (Å²) in [4.78, 5) is 0. The van der Waals surface area contributed by atoms with Gasteiger partial charge in [-0.25, -0.2) is 5.09 Å². The molecule has 0 radical (unpaired) electrons. The lowest BCUT2D eigenvalue weighted by molar-refractivity contribution is 0.121. The van der Waals surface area contributed by atoms with E-state index in [1.165, 1.54) is 5.56 Å². The average Bonchev–Trinajstić information content (AvgIpc) is 2.58. The Hall–Kier alpha value is -0.250. The molecular formula is C11H16NO2PS. The minimum Gasteiger partial charge on any atom is -0.321 e. The van der Waals surface area contributed by atoms with E-state index in [4.69, 9.17) is 20.9 Å². The highest BCUT2D eigenvalue weighted by atomic mass is 32.5. The van der Waals surface area contributed by atoms with Crippen LogP contribution in [0.4, 0.5) is 0 Å². The summed E-state index contributed by atoms with van der Waals surface area (Å²) in [5.74, 6) is 0. The molecule has 2 atom stereocenters. The van der Waals surface area contributed by atoms with Gasteiger partial charge in [-0.15, -0.1) is 0 Å². The van der Waals surface area contributed by atoms with Crippen molar-refractivity contribution in [3.63, 3.8) is 0 Å². The van der Waals surface area contributed by atoms with Crippen LogP contribution in [0.1, 0.15) is 18.1 Å². The zero-order chi connectivity index (χ0) is 11.8. The van der Waals surface area contributed by atoms with Crippen LogP contribution in [0, 0.1) is 6.92 Å². The third-order valence-corrected chi connectivity index (χ3v) is 5.53. The first-order chi connectivity index (χ1) is 7.47. The van der Waals surface area contributed by atoms with Crippen LogP contribution in [0.2, 0.25) is 0 Å². The highest BCUT2D eigenvalue weighted by Crippen LogP contribution is 2.55. The van der Waals surface area contributed by atoms with E-state index in [-0.39, 0.29) is 5.60 Å². The second kappa shape index (κ2) is 4.21. The van der Waals surface area contributed by atoms with Gasteiger partial charge in [0.1, 0.15) is 5.60 Å². The molecule has 1 saturated heterocycles. The zero-order valence-corrected chi connectivity index (χ0v) is 11.4. The molecule has 1 heterocycles. The molecule has 1 fully saturated rings. The highest BCUT2D eigenvalue weighted by molar-refractivity contribution is 8.09. The van der Waals surface area contributed by atoms with Crippen molar-refractivity contribution in [1.29, 1.82) is 0 Å². The lowest BCUT2D eigenvalue weighted by atomic mass is 9.95. The molecule has 1 N–H and O–H groups in total. The second-order valence-corrected chi connectivity index (χ2v) is 7.51. The maximum atomic E-state index is 5.92. The van der Waals surface area contributed by atoms with Gasteiger partial charge >= 0.3 is 0 Å². The summed E-state index contributed by atoms with van der Waals surface area (Å²) in [6, 6.07) is 8.30. The van der Waals surface area contributed by atoms with Crippen molar-refractivity contribution >= 4 is 18.4 Å². The lowest BCUT2D eigenvalue weighted by Gasteiger charge is -2.24. The van der Waals surface area contributed by atoms with Gasteiger partial charge in [0.2, 0.25) is 0 Å². The quantitative estimate of drug-likeness (QED) is 0.825. The fourth-order valence-electron chi connectivity index (χ4n) is 1.81. The Morgan fingerprint density at radius 1 is 1.56 bits per heavy atom. The summed E-state index contributed by atoms with van der Waals surface area (Å²) >= 11 is 5.31. The van der Waals surface area contributed by atoms with Crippen molar-refractivity contribution in [1.82, 2.24) is 5.09 Å². The smallest absolute Gasteiger partial charge is 0.261 e. The summed E-state index contributed by atoms with van der Waals surface area (Å²) in [5, 5.41) is 3.17. The first-order valence-corrected chi connectivity index (χ1v) is 7.80. The molecule has 0 saturated carbocycles. The molecule has 2 unspecified atom stereocenters. The minimum absolute atomic E-state index is 0.377. The predicted molar refractivity (Wildman–Crippen MR) is 68.9 cm³/mol. The van der Waals surface area contributed by atoms with Gasteiger partial charge in [0.25, 0.3) is 6.64 Å². The second-order valence-electron chi connectivity index (χ2n) is 4.21. The Labute approximate surface area is 101 Å². The number of nitrogens with one attached hydrogen (secondary N) is 1. The summed E-state index contributed by atoms with van der Waals surface area (Å²) < 4.78 is 11.2. The van der Waals surface area contributed by atoms with E-state index in [9.17, 15) is 0 Å². The molecule has 1 aliphatic rings. The van der Waals surface area contributed by atoms with Crippen LogP contribution < -0.4 is 5.09 Å². The third kappa shape index (κ3) is 2.22. The van der Waals surface area contributed by atoms with Gasteiger partial charge in [-0.3, -0.25) is 0 Å². The van der Waals surface area contributed by atoms with Gasteiger partial charge in [0, 0.05) is 13.7 Å². The van der Waals surface area contributed by atoms with Gasteiger partial charge in [0.15, 0.2) is 0 Å². The van der Waals surface area contributed by atoms with Crippen molar-refractivity contribution in [2.75, 3.05) is 13.7 Å². The third-order valence-electron chi connectivity index (χ3n) is 2.80. The number of rotatable bonds is 2. The fourth-order valence-corrected chi connectivity index (χ4v) is 3.96. The molecule has 1 aliphatic heterocycles. The van der Waals surface area contributed by atoms with Gasteiger partial charge in [-0.1, -0.05) is 29.8 Å². The van der Waals surface area contributed by atoms with Crippen molar-refractivity contribution in [3.05, 3.63) is 35.4 Å². The van der Waals surface area contributed by atoms with Gasteiger partial charge < -0.3 is 9.05 Å². The van der Waals surface area contributed by atoms with Gasteiger partial charge in [-0.2, -0.15) is 0 Å². The Kier molecular flexibility index (Phi) is 3.21. The van der Waals surface area contributed by atoms with E-state index in [1.807, 2.05) is 13.0 Å². The Morgan fingerprint density at radius 3 is 2.88 bits per heavy atom. The van der Waals surface area contributed by atoms with Crippen LogP contribution in [-0.4, -0.2) is 13.7 Å². The van der Waals surface area contributed by atoms with E-state index in [0.29, 0.717) is 6.54 Å². The SMILES string of the molecule is COP1(=S)NCC(C)(c2cccc(C)c2)O1. The average molecular weight is 257 g/mol. The van der Waals surface area contributed by atoms with Crippen LogP contribution in [0.5, 0.6) is 0 Å². The minimum atomic E-state index is -2.27. The van der Waals surface area contributed by atoms with E-state index < -0.39 is 6.64 Å². The van der Waals surface area contributed by atoms with E-state index in [1.54, 1.807) is 7.11 Å². The number of aryl methyl sites for hydroxylation is 1. The lowest BCUT2D eigenvalue weighted by Crippen LogP contribution is -2.26. The largest absolute Gasteiger partial charge is 0.321 e. The summed E-state index contributed by atoms with van der Waals surface area (Å²) in [6.45, 7) is 2.54. The van der Waals surface area contributed by atoms with E-state index in [2.05, 4.69) is 30.2 Å². The number of hydrogen-bond donors (Lipinski definition) is 1. The Morgan fingerprint density at radius 2 is 2.31 bits per heavy atom. The zero-order valence-electron chi connectivity index (χ0n) is 9.69. The van der Waals surface area contributed by atoms with Crippen molar-refractivity contribution in [2.45, 2.75) is 19.4 Å². The molecule has 5 heteroatoms. The molecule has 88 valence electrons. The molecule has 0 amide bonds. The van der Waals surface area contributed by atoms with Crippen LogP contribution in [0.3, 0.4) is 0 Å². The van der Waals surface area contributed by atoms with E-state index in [0.717, 1.165) is 5.56 Å². The summed E-state index contributed by atoms with van der Waals surface area (Å²) in [6.07, 6.45) is 0. The molecule has 0 aliphatic carbocycles. The Balaban J connectivity index is 2.32. The van der Waals surface area contributed by atoms with Crippen LogP contribution in [0.25, 0.3) is 0 Å². The van der Waals surface area contributed by atoms with Gasteiger partial charge in [-0.05, 0) is 31.2 Å². The predicted octanol–water partition coefficient (Wildman–Crippen LogP) is 2.70. The summed E-state index contributed by atoms with van der Waals surface area (Å²) in [7, 11) is 1.59. The standard InChI is InChI=1S/C11H16NO2PS/c1-9-5-4-6-10(7-9)11(2)8-12-15(16,13-3)14-11/h4-7H,8H2,1-3H3,(H,12,16). The number of hydrogen-bond acceptors (Lipinski definition) is 3. The molecule has 1 aromatic carbocycles. The first kappa shape index (κ1) is 12.2. The number of benzene rings is 1.